The number of hydrogen-bond acceptors (Lipinski definition) is 4. The number of carbonyl (C=O) groups is 1. The fourth-order valence-electron chi connectivity index (χ4n) is 1.97. The number of hydrogen-bond donors (Lipinski definition) is 1. The third-order valence-corrected chi connectivity index (χ3v) is 4.18. The normalized spacial score (nSPS) is 13.8. The molecule has 0 bridgehead atoms. The van der Waals surface area contributed by atoms with Crippen molar-refractivity contribution in [3.05, 3.63) is 48.5 Å². The van der Waals surface area contributed by atoms with E-state index in [9.17, 15) is 4.79 Å². The van der Waals surface area contributed by atoms with Crippen molar-refractivity contribution in [2.75, 3.05) is 12.1 Å². The van der Waals surface area contributed by atoms with Crippen LogP contribution in [0.4, 0.5) is 5.69 Å². The molecule has 0 saturated carbocycles. The number of nitrogens with one attached hydrogen (secondary N) is 1. The van der Waals surface area contributed by atoms with E-state index in [1.54, 1.807) is 12.1 Å². The average molecular weight is 301 g/mol. The van der Waals surface area contributed by atoms with Gasteiger partial charge in [-0.25, -0.2) is 0 Å². The first-order valence-electron chi connectivity index (χ1n) is 6.64. The zero-order valence-corrected chi connectivity index (χ0v) is 12.4. The predicted molar refractivity (Wildman–Crippen MR) is 83.0 cm³/mol. The second kappa shape index (κ2) is 6.10. The fraction of sp³-hybridized carbons (Fsp3) is 0.188. The van der Waals surface area contributed by atoms with Crippen LogP contribution < -0.4 is 14.8 Å². The Bertz CT molecular complexity index is 645. The van der Waals surface area contributed by atoms with Crippen LogP contribution in [0.2, 0.25) is 0 Å². The molecule has 5 heteroatoms. The zero-order valence-electron chi connectivity index (χ0n) is 11.5. The summed E-state index contributed by atoms with van der Waals surface area (Å²) in [6.07, 6.45) is 0. The van der Waals surface area contributed by atoms with Crippen molar-refractivity contribution in [2.45, 2.75) is 17.1 Å². The lowest BCUT2D eigenvalue weighted by atomic mass is 10.2. The Hall–Kier alpha value is -2.14. The molecule has 0 radical (unpaired) electrons. The summed E-state index contributed by atoms with van der Waals surface area (Å²) >= 11 is 1.53. The maximum absolute atomic E-state index is 12.2. The summed E-state index contributed by atoms with van der Waals surface area (Å²) in [7, 11) is 0. The summed E-state index contributed by atoms with van der Waals surface area (Å²) in [5.41, 5.74) is 0.713. The first-order valence-corrected chi connectivity index (χ1v) is 7.52. The zero-order chi connectivity index (χ0) is 14.7. The highest BCUT2D eigenvalue weighted by molar-refractivity contribution is 8.00. The standard InChI is InChI=1S/C16H15NO3S/c1-11(21-13-5-3-2-4-6-13)16(18)17-12-7-8-14-15(9-12)20-10-19-14/h2-9,11H,10H2,1H3,(H,17,18). The monoisotopic (exact) mass is 301 g/mol. The van der Waals surface area contributed by atoms with Crippen molar-refractivity contribution in [3.63, 3.8) is 0 Å². The summed E-state index contributed by atoms with van der Waals surface area (Å²) in [4.78, 5) is 13.3. The number of fused-ring (bicyclic) bond motifs is 1. The van der Waals surface area contributed by atoms with Crippen molar-refractivity contribution >= 4 is 23.4 Å². The van der Waals surface area contributed by atoms with Crippen LogP contribution in [0.15, 0.2) is 53.4 Å². The van der Waals surface area contributed by atoms with E-state index < -0.39 is 0 Å². The number of amides is 1. The lowest BCUT2D eigenvalue weighted by molar-refractivity contribution is -0.115. The number of carbonyl (C=O) groups excluding carboxylic acids is 1. The van der Waals surface area contributed by atoms with Crippen LogP contribution in [0.5, 0.6) is 11.5 Å². The summed E-state index contributed by atoms with van der Waals surface area (Å²) in [5.74, 6) is 1.33. The Morgan fingerprint density at radius 1 is 1.14 bits per heavy atom. The molecular formula is C16H15NO3S. The minimum Gasteiger partial charge on any atom is -0.454 e. The van der Waals surface area contributed by atoms with Crippen LogP contribution in [0, 0.1) is 0 Å². The van der Waals surface area contributed by atoms with E-state index in [4.69, 9.17) is 9.47 Å². The number of ether oxygens (including phenoxy) is 2. The van der Waals surface area contributed by atoms with Gasteiger partial charge < -0.3 is 14.8 Å². The van der Waals surface area contributed by atoms with Crippen LogP contribution in [0.1, 0.15) is 6.92 Å². The maximum Gasteiger partial charge on any atom is 0.237 e. The number of thioether (sulfide) groups is 1. The van der Waals surface area contributed by atoms with Gasteiger partial charge >= 0.3 is 0 Å². The van der Waals surface area contributed by atoms with E-state index in [0.29, 0.717) is 17.2 Å². The van der Waals surface area contributed by atoms with Gasteiger partial charge in [0.05, 0.1) is 5.25 Å². The average Bonchev–Trinajstić information content (AvgIpc) is 2.95. The van der Waals surface area contributed by atoms with Crippen LogP contribution in [-0.4, -0.2) is 18.0 Å². The molecule has 0 aromatic heterocycles. The van der Waals surface area contributed by atoms with Crippen LogP contribution in [-0.2, 0) is 4.79 Å². The summed E-state index contributed by atoms with van der Waals surface area (Å²) < 4.78 is 10.5. The Morgan fingerprint density at radius 2 is 1.90 bits per heavy atom. The molecule has 1 amide bonds. The molecule has 1 heterocycles. The van der Waals surface area contributed by atoms with Crippen molar-refractivity contribution in [1.29, 1.82) is 0 Å². The Kier molecular flexibility index (Phi) is 4.01. The van der Waals surface area contributed by atoms with Gasteiger partial charge in [0.25, 0.3) is 0 Å². The largest absolute Gasteiger partial charge is 0.454 e. The quantitative estimate of drug-likeness (QED) is 0.878. The third kappa shape index (κ3) is 3.31. The lowest BCUT2D eigenvalue weighted by Gasteiger charge is -2.12. The SMILES string of the molecule is CC(Sc1ccccc1)C(=O)Nc1ccc2c(c1)OCO2. The molecule has 1 unspecified atom stereocenters. The van der Waals surface area contributed by atoms with Gasteiger partial charge in [0.15, 0.2) is 11.5 Å². The second-order valence-electron chi connectivity index (χ2n) is 4.63. The van der Waals surface area contributed by atoms with Crippen molar-refractivity contribution < 1.29 is 14.3 Å². The highest BCUT2D eigenvalue weighted by Gasteiger charge is 2.17. The molecule has 3 rings (SSSR count). The Balaban J connectivity index is 1.63. The highest BCUT2D eigenvalue weighted by atomic mass is 32.2. The van der Waals surface area contributed by atoms with Crippen molar-refractivity contribution in [2.24, 2.45) is 0 Å². The summed E-state index contributed by atoms with van der Waals surface area (Å²) in [5, 5.41) is 2.71. The summed E-state index contributed by atoms with van der Waals surface area (Å²) in [6, 6.07) is 15.3. The van der Waals surface area contributed by atoms with Gasteiger partial charge in [-0.05, 0) is 31.2 Å². The molecule has 2 aromatic carbocycles. The van der Waals surface area contributed by atoms with Crippen LogP contribution >= 0.6 is 11.8 Å². The predicted octanol–water partition coefficient (Wildman–Crippen LogP) is 3.53. The molecule has 1 N–H and O–H groups in total. The van der Waals surface area contributed by atoms with Gasteiger partial charge in [0.1, 0.15) is 0 Å². The van der Waals surface area contributed by atoms with Crippen LogP contribution in [0.3, 0.4) is 0 Å². The molecule has 0 fully saturated rings. The van der Waals surface area contributed by atoms with Gasteiger partial charge in [0, 0.05) is 16.6 Å². The first kappa shape index (κ1) is 13.8. The van der Waals surface area contributed by atoms with Gasteiger partial charge in [-0.3, -0.25) is 4.79 Å². The molecule has 1 atom stereocenters. The minimum atomic E-state index is -0.183. The van der Waals surface area contributed by atoms with E-state index in [2.05, 4.69) is 5.32 Å². The van der Waals surface area contributed by atoms with Gasteiger partial charge in [-0.15, -0.1) is 11.8 Å². The molecule has 0 saturated heterocycles. The molecule has 21 heavy (non-hydrogen) atoms. The third-order valence-electron chi connectivity index (χ3n) is 3.07. The van der Waals surface area contributed by atoms with Crippen molar-refractivity contribution in [1.82, 2.24) is 0 Å². The Labute approximate surface area is 127 Å². The first-order chi connectivity index (χ1) is 10.2. The molecule has 4 nitrogen and oxygen atoms in total. The van der Waals surface area contributed by atoms with Crippen LogP contribution in [0.25, 0.3) is 0 Å². The summed E-state index contributed by atoms with van der Waals surface area (Å²) in [6.45, 7) is 2.12. The topological polar surface area (TPSA) is 47.6 Å². The Morgan fingerprint density at radius 3 is 2.71 bits per heavy atom. The molecule has 0 aliphatic carbocycles. The number of rotatable bonds is 4. The van der Waals surface area contributed by atoms with Crippen molar-refractivity contribution in [3.8, 4) is 11.5 Å². The van der Waals surface area contributed by atoms with E-state index in [0.717, 1.165) is 4.90 Å². The van der Waals surface area contributed by atoms with Gasteiger partial charge in [-0.1, -0.05) is 18.2 Å². The lowest BCUT2D eigenvalue weighted by Crippen LogP contribution is -2.22. The van der Waals surface area contributed by atoms with E-state index in [-0.39, 0.29) is 18.0 Å². The second-order valence-corrected chi connectivity index (χ2v) is 6.04. The molecule has 1 aliphatic heterocycles. The maximum atomic E-state index is 12.2. The van der Waals surface area contributed by atoms with Gasteiger partial charge in [0.2, 0.25) is 12.7 Å². The fourth-order valence-corrected chi connectivity index (χ4v) is 2.86. The molecule has 1 aliphatic rings. The molecule has 108 valence electrons. The van der Waals surface area contributed by atoms with Gasteiger partial charge in [-0.2, -0.15) is 0 Å². The number of anilines is 1. The highest BCUT2D eigenvalue weighted by Crippen LogP contribution is 2.34. The number of benzene rings is 2. The molecule has 2 aromatic rings. The minimum absolute atomic E-state index is 0.0391. The van der Waals surface area contributed by atoms with E-state index >= 15 is 0 Å². The smallest absolute Gasteiger partial charge is 0.237 e. The van der Waals surface area contributed by atoms with E-state index in [1.807, 2.05) is 43.3 Å². The molecular weight excluding hydrogens is 286 g/mol. The molecule has 0 spiro atoms. The van der Waals surface area contributed by atoms with E-state index in [1.165, 1.54) is 11.8 Å².